The molecule has 0 saturated heterocycles. The predicted molar refractivity (Wildman–Crippen MR) is 77.6 cm³/mol. The minimum absolute atomic E-state index is 0.174. The van der Waals surface area contributed by atoms with Crippen LogP contribution in [0.4, 0.5) is 11.4 Å². The van der Waals surface area contributed by atoms with Gasteiger partial charge in [0.1, 0.15) is 0 Å². The van der Waals surface area contributed by atoms with Gasteiger partial charge in [-0.15, -0.1) is 0 Å². The van der Waals surface area contributed by atoms with Crippen molar-refractivity contribution in [3.63, 3.8) is 0 Å². The summed E-state index contributed by atoms with van der Waals surface area (Å²) in [6.45, 7) is 3.66. The number of nitrogens with two attached hydrogens (primary N) is 1. The molecule has 0 aliphatic rings. The Bertz CT molecular complexity index is 689. The standard InChI is InChI=1S/C14H16N2O2S/c1-10-7-12(15)9-13(8-10)19(17,18)16-14-6-4-3-5-11(14)2/h3-9,16H,15H2,1-2H3. The molecule has 0 aromatic heterocycles. The molecule has 2 aromatic carbocycles. The van der Waals surface area contributed by atoms with Crippen molar-refractivity contribution in [3.8, 4) is 0 Å². The lowest BCUT2D eigenvalue weighted by atomic mass is 10.2. The van der Waals surface area contributed by atoms with Gasteiger partial charge in [-0.3, -0.25) is 4.72 Å². The summed E-state index contributed by atoms with van der Waals surface area (Å²) < 4.78 is 27.2. The molecule has 2 aromatic rings. The Hall–Kier alpha value is -2.01. The van der Waals surface area contributed by atoms with E-state index in [1.807, 2.05) is 26.0 Å². The van der Waals surface area contributed by atoms with E-state index in [4.69, 9.17) is 5.73 Å². The lowest BCUT2D eigenvalue weighted by Crippen LogP contribution is -2.14. The van der Waals surface area contributed by atoms with Crippen LogP contribution >= 0.6 is 0 Å². The van der Waals surface area contributed by atoms with Crippen LogP contribution in [0, 0.1) is 13.8 Å². The molecule has 4 nitrogen and oxygen atoms in total. The van der Waals surface area contributed by atoms with Crippen LogP contribution in [0.1, 0.15) is 11.1 Å². The minimum atomic E-state index is -3.61. The highest BCUT2D eigenvalue weighted by Gasteiger charge is 2.15. The summed E-state index contributed by atoms with van der Waals surface area (Å²) in [5.41, 5.74) is 8.37. The second-order valence-corrected chi connectivity index (χ2v) is 6.18. The van der Waals surface area contributed by atoms with Gasteiger partial charge in [-0.1, -0.05) is 18.2 Å². The molecule has 3 N–H and O–H groups in total. The number of nitrogens with one attached hydrogen (secondary N) is 1. The van der Waals surface area contributed by atoms with E-state index in [0.29, 0.717) is 11.4 Å². The number of nitrogen functional groups attached to an aromatic ring is 1. The van der Waals surface area contributed by atoms with Gasteiger partial charge in [-0.05, 0) is 49.2 Å². The van der Waals surface area contributed by atoms with E-state index in [1.165, 1.54) is 6.07 Å². The van der Waals surface area contributed by atoms with Crippen LogP contribution in [-0.2, 0) is 10.0 Å². The monoisotopic (exact) mass is 276 g/mol. The zero-order valence-corrected chi connectivity index (χ0v) is 11.7. The summed E-state index contributed by atoms with van der Waals surface area (Å²) >= 11 is 0. The first-order valence-corrected chi connectivity index (χ1v) is 7.32. The SMILES string of the molecule is Cc1cc(N)cc(S(=O)(=O)Nc2ccccc2C)c1. The van der Waals surface area contributed by atoms with E-state index in [0.717, 1.165) is 11.1 Å². The number of hydrogen-bond acceptors (Lipinski definition) is 3. The molecule has 0 atom stereocenters. The van der Waals surface area contributed by atoms with Gasteiger partial charge < -0.3 is 5.73 Å². The molecule has 0 unspecified atom stereocenters. The van der Waals surface area contributed by atoms with Gasteiger partial charge in [0.25, 0.3) is 10.0 Å². The fourth-order valence-corrected chi connectivity index (χ4v) is 3.09. The third kappa shape index (κ3) is 3.06. The molecular formula is C14H16N2O2S. The summed E-state index contributed by atoms with van der Waals surface area (Å²) in [6, 6.07) is 12.0. The number of sulfonamides is 1. The normalized spacial score (nSPS) is 11.3. The number of anilines is 2. The summed E-state index contributed by atoms with van der Waals surface area (Å²) in [5.74, 6) is 0. The van der Waals surface area contributed by atoms with Crippen molar-refractivity contribution in [2.45, 2.75) is 18.7 Å². The molecule has 0 fully saturated rings. The van der Waals surface area contributed by atoms with E-state index >= 15 is 0 Å². The molecule has 19 heavy (non-hydrogen) atoms. The number of hydrogen-bond donors (Lipinski definition) is 2. The first-order valence-electron chi connectivity index (χ1n) is 5.84. The van der Waals surface area contributed by atoms with Crippen molar-refractivity contribution in [3.05, 3.63) is 53.6 Å². The van der Waals surface area contributed by atoms with Crippen LogP contribution in [0.5, 0.6) is 0 Å². The maximum atomic E-state index is 12.3. The average Bonchev–Trinajstić information content (AvgIpc) is 2.31. The van der Waals surface area contributed by atoms with Gasteiger partial charge in [0.2, 0.25) is 0 Å². The van der Waals surface area contributed by atoms with E-state index < -0.39 is 10.0 Å². The topological polar surface area (TPSA) is 72.2 Å². The fourth-order valence-electron chi connectivity index (χ4n) is 1.82. The van der Waals surface area contributed by atoms with E-state index in [1.54, 1.807) is 24.3 Å². The molecule has 2 rings (SSSR count). The van der Waals surface area contributed by atoms with Gasteiger partial charge in [-0.25, -0.2) is 8.42 Å². The molecular weight excluding hydrogens is 260 g/mol. The third-order valence-corrected chi connectivity index (χ3v) is 4.12. The molecule has 0 aliphatic heterocycles. The number of rotatable bonds is 3. The fraction of sp³-hybridized carbons (Fsp3) is 0.143. The first kappa shape index (κ1) is 13.4. The van der Waals surface area contributed by atoms with Gasteiger partial charge in [0.15, 0.2) is 0 Å². The third-order valence-electron chi connectivity index (χ3n) is 2.77. The lowest BCUT2D eigenvalue weighted by Gasteiger charge is -2.11. The Balaban J connectivity index is 2.41. The zero-order valence-electron chi connectivity index (χ0n) is 10.8. The molecule has 0 bridgehead atoms. The maximum Gasteiger partial charge on any atom is 0.261 e. The predicted octanol–water partition coefficient (Wildman–Crippen LogP) is 2.69. The van der Waals surface area contributed by atoms with Crippen molar-refractivity contribution >= 4 is 21.4 Å². The molecule has 0 radical (unpaired) electrons. The maximum absolute atomic E-state index is 12.3. The van der Waals surface area contributed by atoms with Crippen LogP contribution in [-0.4, -0.2) is 8.42 Å². The Kier molecular flexibility index (Phi) is 3.48. The number of para-hydroxylation sites is 1. The van der Waals surface area contributed by atoms with Crippen LogP contribution < -0.4 is 10.5 Å². The highest BCUT2D eigenvalue weighted by atomic mass is 32.2. The van der Waals surface area contributed by atoms with Gasteiger partial charge in [0, 0.05) is 5.69 Å². The van der Waals surface area contributed by atoms with Crippen molar-refractivity contribution in [2.24, 2.45) is 0 Å². The highest BCUT2D eigenvalue weighted by molar-refractivity contribution is 7.92. The van der Waals surface area contributed by atoms with Gasteiger partial charge in [-0.2, -0.15) is 0 Å². The Morgan fingerprint density at radius 1 is 1.05 bits per heavy atom. The minimum Gasteiger partial charge on any atom is -0.399 e. The lowest BCUT2D eigenvalue weighted by molar-refractivity contribution is 0.601. The van der Waals surface area contributed by atoms with E-state index in [-0.39, 0.29) is 4.90 Å². The summed E-state index contributed by atoms with van der Waals surface area (Å²) in [5, 5.41) is 0. The quantitative estimate of drug-likeness (QED) is 0.847. The van der Waals surface area contributed by atoms with Crippen molar-refractivity contribution < 1.29 is 8.42 Å². The van der Waals surface area contributed by atoms with Crippen LogP contribution in [0.3, 0.4) is 0 Å². The van der Waals surface area contributed by atoms with Gasteiger partial charge >= 0.3 is 0 Å². The molecule has 0 spiro atoms. The smallest absolute Gasteiger partial charge is 0.261 e. The molecule has 0 saturated carbocycles. The van der Waals surface area contributed by atoms with Crippen molar-refractivity contribution in [2.75, 3.05) is 10.5 Å². The largest absolute Gasteiger partial charge is 0.399 e. The van der Waals surface area contributed by atoms with Crippen molar-refractivity contribution in [1.82, 2.24) is 0 Å². The number of aryl methyl sites for hydroxylation is 2. The molecule has 5 heteroatoms. The second-order valence-electron chi connectivity index (χ2n) is 4.50. The van der Waals surface area contributed by atoms with Gasteiger partial charge in [0.05, 0.1) is 10.6 Å². The Morgan fingerprint density at radius 3 is 2.37 bits per heavy atom. The Morgan fingerprint density at radius 2 is 1.74 bits per heavy atom. The summed E-state index contributed by atoms with van der Waals surface area (Å²) in [4.78, 5) is 0.174. The van der Waals surface area contributed by atoms with Crippen molar-refractivity contribution in [1.29, 1.82) is 0 Å². The average molecular weight is 276 g/mol. The van der Waals surface area contributed by atoms with Crippen LogP contribution in [0.2, 0.25) is 0 Å². The summed E-state index contributed by atoms with van der Waals surface area (Å²) in [7, 11) is -3.61. The van der Waals surface area contributed by atoms with E-state index in [2.05, 4.69) is 4.72 Å². The van der Waals surface area contributed by atoms with Crippen LogP contribution in [0.25, 0.3) is 0 Å². The van der Waals surface area contributed by atoms with Crippen LogP contribution in [0.15, 0.2) is 47.4 Å². The first-order chi connectivity index (χ1) is 8.88. The van der Waals surface area contributed by atoms with E-state index in [9.17, 15) is 8.42 Å². The summed E-state index contributed by atoms with van der Waals surface area (Å²) in [6.07, 6.45) is 0. The molecule has 0 heterocycles. The molecule has 0 aliphatic carbocycles. The molecule has 0 amide bonds. The molecule has 100 valence electrons. The second kappa shape index (κ2) is 4.93. The highest BCUT2D eigenvalue weighted by Crippen LogP contribution is 2.21. The number of benzene rings is 2. The zero-order chi connectivity index (χ0) is 14.0. The Labute approximate surface area is 113 Å².